The molecule has 0 saturated carbocycles. The fourth-order valence-corrected chi connectivity index (χ4v) is 3.77. The zero-order chi connectivity index (χ0) is 26.6. The first kappa shape index (κ1) is 28.2. The van der Waals surface area contributed by atoms with Crippen molar-refractivity contribution in [1.29, 1.82) is 0 Å². The molecular weight excluding hydrogens is 515 g/mol. The third-order valence-electron chi connectivity index (χ3n) is 5.01. The molecule has 0 radical (unpaired) electrons. The zero-order valence-corrected chi connectivity index (χ0v) is 22.6. The van der Waals surface area contributed by atoms with Gasteiger partial charge in [-0.1, -0.05) is 48.3 Å². The number of hydrogen-bond acceptors (Lipinski definition) is 6. The lowest BCUT2D eigenvalue weighted by Crippen LogP contribution is -2.17. The first-order chi connectivity index (χ1) is 18.0. The van der Waals surface area contributed by atoms with Crippen molar-refractivity contribution >= 4 is 35.3 Å². The number of amides is 1. The van der Waals surface area contributed by atoms with Crippen molar-refractivity contribution in [2.75, 3.05) is 19.8 Å². The number of carbonyl (C=O) groups excluding carboxylic acids is 1. The molecule has 0 aliphatic carbocycles. The number of halogens is 2. The Labute approximate surface area is 227 Å². The summed E-state index contributed by atoms with van der Waals surface area (Å²) in [5, 5.41) is 5.02. The van der Waals surface area contributed by atoms with Crippen molar-refractivity contribution in [3.63, 3.8) is 0 Å². The average molecular weight is 545 g/mol. The smallest absolute Gasteiger partial charge is 0.271 e. The lowest BCUT2D eigenvalue weighted by molar-refractivity contribution is 0.0954. The molecule has 196 valence electrons. The van der Waals surface area contributed by atoms with Crippen LogP contribution in [0.15, 0.2) is 59.7 Å². The molecule has 0 aliphatic rings. The zero-order valence-electron chi connectivity index (χ0n) is 21.1. The fraction of sp³-hybridized carbons (Fsp3) is 0.286. The van der Waals surface area contributed by atoms with E-state index in [9.17, 15) is 4.79 Å². The van der Waals surface area contributed by atoms with Crippen LogP contribution in [0.2, 0.25) is 10.0 Å². The number of nitrogens with one attached hydrogen (secondary N) is 1. The molecule has 1 N–H and O–H groups in total. The molecule has 3 rings (SSSR count). The van der Waals surface area contributed by atoms with E-state index in [1.807, 2.05) is 39.0 Å². The second kappa shape index (κ2) is 14.4. The SMILES string of the molecule is CCCOc1ccc(C(=O)N/N=C/c2cc(Cl)c(OCc3ccccc3Cl)c(OCC)c2)cc1OCC. The molecule has 0 heterocycles. The second-order valence-corrected chi connectivity index (χ2v) is 8.60. The van der Waals surface area contributed by atoms with Crippen molar-refractivity contribution in [2.24, 2.45) is 5.10 Å². The van der Waals surface area contributed by atoms with Crippen LogP contribution in [0.25, 0.3) is 0 Å². The van der Waals surface area contributed by atoms with E-state index in [4.69, 9.17) is 42.1 Å². The van der Waals surface area contributed by atoms with Gasteiger partial charge in [-0.2, -0.15) is 5.10 Å². The number of ether oxygens (including phenoxy) is 4. The molecule has 0 aromatic heterocycles. The highest BCUT2D eigenvalue weighted by Crippen LogP contribution is 2.37. The van der Waals surface area contributed by atoms with E-state index in [1.54, 1.807) is 36.4 Å². The van der Waals surface area contributed by atoms with Crippen LogP contribution < -0.4 is 24.4 Å². The predicted octanol–water partition coefficient (Wildman–Crippen LogP) is 6.92. The summed E-state index contributed by atoms with van der Waals surface area (Å²) in [6.45, 7) is 7.41. The molecule has 37 heavy (non-hydrogen) atoms. The van der Waals surface area contributed by atoms with Crippen molar-refractivity contribution in [1.82, 2.24) is 5.43 Å². The minimum absolute atomic E-state index is 0.231. The Morgan fingerprint density at radius 3 is 2.35 bits per heavy atom. The van der Waals surface area contributed by atoms with Gasteiger partial charge in [-0.25, -0.2) is 5.43 Å². The van der Waals surface area contributed by atoms with E-state index >= 15 is 0 Å². The number of hydrazone groups is 1. The van der Waals surface area contributed by atoms with Gasteiger partial charge < -0.3 is 18.9 Å². The average Bonchev–Trinajstić information content (AvgIpc) is 2.88. The molecule has 0 bridgehead atoms. The van der Waals surface area contributed by atoms with Crippen molar-refractivity contribution in [3.05, 3.63) is 81.3 Å². The number of nitrogens with zero attached hydrogens (tertiary/aromatic N) is 1. The van der Waals surface area contributed by atoms with E-state index < -0.39 is 5.91 Å². The molecule has 0 atom stereocenters. The normalized spacial score (nSPS) is 10.8. The summed E-state index contributed by atoms with van der Waals surface area (Å²) >= 11 is 12.7. The van der Waals surface area contributed by atoms with Gasteiger partial charge in [0.2, 0.25) is 0 Å². The van der Waals surface area contributed by atoms with Crippen LogP contribution in [-0.2, 0) is 6.61 Å². The molecule has 0 unspecified atom stereocenters. The summed E-state index contributed by atoms with van der Waals surface area (Å²) in [7, 11) is 0. The van der Waals surface area contributed by atoms with Crippen LogP contribution >= 0.6 is 23.2 Å². The van der Waals surface area contributed by atoms with Gasteiger partial charge in [-0.05, 0) is 62.2 Å². The van der Waals surface area contributed by atoms with Crippen LogP contribution in [0.3, 0.4) is 0 Å². The number of hydrogen-bond donors (Lipinski definition) is 1. The monoisotopic (exact) mass is 544 g/mol. The topological polar surface area (TPSA) is 78.4 Å². The van der Waals surface area contributed by atoms with Crippen molar-refractivity contribution in [2.45, 2.75) is 33.8 Å². The minimum atomic E-state index is -0.393. The largest absolute Gasteiger partial charge is 0.490 e. The summed E-state index contributed by atoms with van der Waals surface area (Å²) in [6, 6.07) is 15.8. The lowest BCUT2D eigenvalue weighted by Gasteiger charge is -2.15. The van der Waals surface area contributed by atoms with Crippen molar-refractivity contribution in [3.8, 4) is 23.0 Å². The highest BCUT2D eigenvalue weighted by Gasteiger charge is 2.14. The molecule has 0 spiro atoms. The first-order valence-electron chi connectivity index (χ1n) is 12.0. The number of carbonyl (C=O) groups is 1. The third kappa shape index (κ3) is 8.03. The Balaban J connectivity index is 1.71. The Kier molecular flexibility index (Phi) is 10.9. The van der Waals surface area contributed by atoms with Crippen LogP contribution in [-0.4, -0.2) is 31.9 Å². The van der Waals surface area contributed by atoms with E-state index in [-0.39, 0.29) is 6.61 Å². The van der Waals surface area contributed by atoms with E-state index in [0.717, 1.165) is 12.0 Å². The van der Waals surface area contributed by atoms with Crippen LogP contribution in [0.1, 0.15) is 48.7 Å². The second-order valence-electron chi connectivity index (χ2n) is 7.79. The van der Waals surface area contributed by atoms with Gasteiger partial charge in [0.1, 0.15) is 6.61 Å². The molecule has 1 amide bonds. The van der Waals surface area contributed by atoms with Gasteiger partial charge in [0.05, 0.1) is 31.1 Å². The Morgan fingerprint density at radius 1 is 0.865 bits per heavy atom. The molecule has 0 saturated heterocycles. The summed E-state index contributed by atoms with van der Waals surface area (Å²) in [6.07, 6.45) is 2.35. The number of benzene rings is 3. The lowest BCUT2D eigenvalue weighted by atomic mass is 10.2. The Bertz CT molecular complexity index is 1230. The van der Waals surface area contributed by atoms with Gasteiger partial charge in [-0.15, -0.1) is 0 Å². The van der Waals surface area contributed by atoms with Gasteiger partial charge in [0, 0.05) is 16.1 Å². The van der Waals surface area contributed by atoms with E-state index in [1.165, 1.54) is 6.21 Å². The molecule has 0 fully saturated rings. The molecule has 0 aliphatic heterocycles. The quantitative estimate of drug-likeness (QED) is 0.186. The highest BCUT2D eigenvalue weighted by atomic mass is 35.5. The maximum absolute atomic E-state index is 12.7. The maximum Gasteiger partial charge on any atom is 0.271 e. The summed E-state index contributed by atoms with van der Waals surface area (Å²) in [5.41, 5.74) is 4.36. The molecule has 7 nitrogen and oxygen atoms in total. The first-order valence-corrected chi connectivity index (χ1v) is 12.8. The minimum Gasteiger partial charge on any atom is -0.490 e. The third-order valence-corrected chi connectivity index (χ3v) is 5.66. The highest BCUT2D eigenvalue weighted by molar-refractivity contribution is 6.32. The summed E-state index contributed by atoms with van der Waals surface area (Å²) < 4.78 is 23.0. The predicted molar refractivity (Wildman–Crippen MR) is 147 cm³/mol. The van der Waals surface area contributed by atoms with E-state index in [2.05, 4.69) is 10.5 Å². The standard InChI is InChI=1S/C28H30Cl2N2O5/c1-4-13-36-24-12-11-20(16-25(24)34-5-2)28(33)32-31-17-19-14-23(30)27(26(15-19)35-6-3)37-18-21-9-7-8-10-22(21)29/h7-12,14-17H,4-6,13,18H2,1-3H3,(H,32,33)/b31-17+. The molecule has 3 aromatic carbocycles. The molecule has 9 heteroatoms. The summed E-state index contributed by atoms with van der Waals surface area (Å²) in [4.78, 5) is 12.7. The fourth-order valence-electron chi connectivity index (χ4n) is 3.31. The summed E-state index contributed by atoms with van der Waals surface area (Å²) in [5.74, 6) is 1.57. The van der Waals surface area contributed by atoms with Crippen LogP contribution in [0.5, 0.6) is 23.0 Å². The maximum atomic E-state index is 12.7. The van der Waals surface area contributed by atoms with Crippen molar-refractivity contribution < 1.29 is 23.7 Å². The Morgan fingerprint density at radius 2 is 1.62 bits per heavy atom. The molecule has 3 aromatic rings. The van der Waals surface area contributed by atoms with Crippen LogP contribution in [0.4, 0.5) is 0 Å². The molecular formula is C28H30Cl2N2O5. The van der Waals surface area contributed by atoms with Gasteiger partial charge in [0.15, 0.2) is 23.0 Å². The van der Waals surface area contributed by atoms with Crippen LogP contribution in [0, 0.1) is 0 Å². The van der Waals surface area contributed by atoms with Gasteiger partial charge in [0.25, 0.3) is 5.91 Å². The Hall–Kier alpha value is -3.42. The van der Waals surface area contributed by atoms with Gasteiger partial charge >= 0.3 is 0 Å². The van der Waals surface area contributed by atoms with Gasteiger partial charge in [-0.3, -0.25) is 4.79 Å². The number of rotatable bonds is 13. The van der Waals surface area contributed by atoms with E-state index in [0.29, 0.717) is 64.0 Å².